The van der Waals surface area contributed by atoms with Gasteiger partial charge in [0.25, 0.3) is 0 Å². The van der Waals surface area contributed by atoms with Gasteiger partial charge < -0.3 is 20.2 Å². The molecule has 0 aromatic rings. The van der Waals surface area contributed by atoms with E-state index in [9.17, 15) is 14.4 Å². The number of aldehydes is 2. The Morgan fingerprint density at radius 2 is 1.82 bits per heavy atom. The van der Waals surface area contributed by atoms with Crippen molar-refractivity contribution >= 4 is 18.5 Å². The first-order valence-corrected chi connectivity index (χ1v) is 7.96. The Bertz CT molecular complexity index is 380. The zero-order valence-corrected chi connectivity index (χ0v) is 14.1. The Hall–Kier alpha value is -1.49. The minimum absolute atomic E-state index is 0.0594. The Morgan fingerprint density at radius 3 is 2.36 bits per heavy atom. The molecule has 0 aliphatic heterocycles. The van der Waals surface area contributed by atoms with Crippen molar-refractivity contribution in [3.05, 3.63) is 11.6 Å². The van der Waals surface area contributed by atoms with Crippen molar-refractivity contribution in [1.29, 1.82) is 0 Å². The molecule has 2 unspecified atom stereocenters. The molecule has 22 heavy (non-hydrogen) atoms. The Morgan fingerprint density at radius 1 is 1.14 bits per heavy atom. The number of amides is 1. The second-order valence-corrected chi connectivity index (χ2v) is 6.07. The zero-order chi connectivity index (χ0) is 17.0. The minimum Gasteiger partial charge on any atom is -0.366 e. The lowest BCUT2D eigenvalue weighted by Gasteiger charge is -2.18. The maximum atomic E-state index is 11.1. The van der Waals surface area contributed by atoms with Gasteiger partial charge in [-0.05, 0) is 46.2 Å². The van der Waals surface area contributed by atoms with Crippen LogP contribution in [0.4, 0.5) is 0 Å². The van der Waals surface area contributed by atoms with Crippen molar-refractivity contribution < 1.29 is 14.4 Å². The molecule has 0 rings (SSSR count). The molecular formula is C17H30N2O3. The van der Waals surface area contributed by atoms with Gasteiger partial charge in [-0.15, -0.1) is 0 Å². The van der Waals surface area contributed by atoms with Crippen molar-refractivity contribution in [2.75, 3.05) is 20.1 Å². The largest absolute Gasteiger partial charge is 0.366 e. The molecule has 0 aromatic heterocycles. The zero-order valence-electron chi connectivity index (χ0n) is 14.1. The number of hydrogen-bond donors (Lipinski definition) is 1. The van der Waals surface area contributed by atoms with Crippen molar-refractivity contribution in [2.45, 2.75) is 46.0 Å². The maximum Gasteiger partial charge on any atom is 0.244 e. The molecule has 0 saturated carbocycles. The third-order valence-electron chi connectivity index (χ3n) is 3.89. The second kappa shape index (κ2) is 12.1. The van der Waals surface area contributed by atoms with Gasteiger partial charge in [-0.1, -0.05) is 19.4 Å². The first kappa shape index (κ1) is 20.5. The molecule has 0 radical (unpaired) electrons. The molecule has 0 bridgehead atoms. The number of carbonyl (C=O) groups is 3. The number of carbonyl (C=O) groups excluding carboxylic acids is 3. The van der Waals surface area contributed by atoms with Crippen molar-refractivity contribution in [2.24, 2.45) is 17.6 Å². The average molecular weight is 310 g/mol. The third-order valence-corrected chi connectivity index (χ3v) is 3.89. The van der Waals surface area contributed by atoms with Crippen LogP contribution >= 0.6 is 0 Å². The van der Waals surface area contributed by atoms with Crippen LogP contribution < -0.4 is 5.73 Å². The van der Waals surface area contributed by atoms with Gasteiger partial charge >= 0.3 is 0 Å². The Balaban J connectivity index is 3.92. The summed E-state index contributed by atoms with van der Waals surface area (Å²) in [7, 11) is 2.00. The molecule has 0 aromatic carbocycles. The molecule has 0 saturated heterocycles. The molecule has 5 heteroatoms. The van der Waals surface area contributed by atoms with E-state index in [1.165, 1.54) is 0 Å². The van der Waals surface area contributed by atoms with Gasteiger partial charge in [0.15, 0.2) is 0 Å². The maximum absolute atomic E-state index is 11.1. The molecule has 0 aliphatic rings. The molecule has 0 heterocycles. The van der Waals surface area contributed by atoms with Gasteiger partial charge in [-0.25, -0.2) is 0 Å². The predicted octanol–water partition coefficient (Wildman–Crippen LogP) is 1.95. The normalized spacial score (nSPS) is 14.6. The van der Waals surface area contributed by atoms with E-state index in [4.69, 9.17) is 5.73 Å². The fourth-order valence-corrected chi connectivity index (χ4v) is 2.15. The van der Waals surface area contributed by atoms with Gasteiger partial charge in [0.2, 0.25) is 5.91 Å². The van der Waals surface area contributed by atoms with Crippen molar-refractivity contribution in [1.82, 2.24) is 4.90 Å². The number of primary amides is 1. The first-order valence-electron chi connectivity index (χ1n) is 7.96. The van der Waals surface area contributed by atoms with Gasteiger partial charge in [0.1, 0.15) is 12.6 Å². The lowest BCUT2D eigenvalue weighted by molar-refractivity contribution is -0.114. The van der Waals surface area contributed by atoms with Crippen LogP contribution in [0.3, 0.4) is 0 Å². The summed E-state index contributed by atoms with van der Waals surface area (Å²) in [4.78, 5) is 34.7. The van der Waals surface area contributed by atoms with Crippen LogP contribution in [-0.2, 0) is 14.4 Å². The molecule has 0 spiro atoms. The standard InChI is InChI=1S/C17H30N2O3/c1-14(12-20)6-4-8-16(13-21)9-11-19(3)10-5-7-15(2)17(18)22/h7,12-14,16H,4-6,8-11H2,1-3H3,(H2,18,22). The molecule has 126 valence electrons. The summed E-state index contributed by atoms with van der Waals surface area (Å²) in [6, 6.07) is 0. The number of nitrogens with two attached hydrogens (primary N) is 1. The van der Waals surface area contributed by atoms with Crippen LogP contribution in [0, 0.1) is 11.8 Å². The van der Waals surface area contributed by atoms with Gasteiger partial charge in [-0.3, -0.25) is 4.79 Å². The van der Waals surface area contributed by atoms with Gasteiger partial charge in [0, 0.05) is 24.0 Å². The van der Waals surface area contributed by atoms with Crippen LogP contribution in [0.2, 0.25) is 0 Å². The van der Waals surface area contributed by atoms with Crippen LogP contribution in [0.15, 0.2) is 11.6 Å². The summed E-state index contributed by atoms with van der Waals surface area (Å²) in [6.45, 7) is 5.29. The summed E-state index contributed by atoms with van der Waals surface area (Å²) in [5.41, 5.74) is 5.75. The first-order chi connectivity index (χ1) is 10.4. The van der Waals surface area contributed by atoms with Crippen molar-refractivity contribution in [3.63, 3.8) is 0 Å². The van der Waals surface area contributed by atoms with E-state index < -0.39 is 0 Å². The quantitative estimate of drug-likeness (QED) is 0.416. The monoisotopic (exact) mass is 310 g/mol. The highest BCUT2D eigenvalue weighted by atomic mass is 16.1. The highest BCUT2D eigenvalue weighted by Crippen LogP contribution is 2.14. The SMILES string of the molecule is CC(=CCCN(C)CCC(C=O)CCCC(C)C=O)C(N)=O. The van der Waals surface area contributed by atoms with Crippen LogP contribution in [0.5, 0.6) is 0 Å². The fraction of sp³-hybridized carbons (Fsp3) is 0.706. The van der Waals surface area contributed by atoms with E-state index in [2.05, 4.69) is 4.90 Å². The van der Waals surface area contributed by atoms with Crippen LogP contribution in [0.25, 0.3) is 0 Å². The summed E-state index contributed by atoms with van der Waals surface area (Å²) < 4.78 is 0. The fourth-order valence-electron chi connectivity index (χ4n) is 2.15. The van der Waals surface area contributed by atoms with Crippen molar-refractivity contribution in [3.8, 4) is 0 Å². The molecule has 2 N–H and O–H groups in total. The summed E-state index contributed by atoms with van der Waals surface area (Å²) in [5, 5.41) is 0. The summed E-state index contributed by atoms with van der Waals surface area (Å²) in [5.74, 6) is -0.243. The molecule has 0 fully saturated rings. The van der Waals surface area contributed by atoms with E-state index >= 15 is 0 Å². The predicted molar refractivity (Wildman–Crippen MR) is 88.3 cm³/mol. The summed E-state index contributed by atoms with van der Waals surface area (Å²) in [6.07, 6.45) is 8.03. The molecule has 5 nitrogen and oxygen atoms in total. The molecular weight excluding hydrogens is 280 g/mol. The second-order valence-electron chi connectivity index (χ2n) is 6.07. The number of hydrogen-bond acceptors (Lipinski definition) is 4. The molecule has 1 amide bonds. The van der Waals surface area contributed by atoms with E-state index in [0.717, 1.165) is 57.8 Å². The highest BCUT2D eigenvalue weighted by Gasteiger charge is 2.10. The molecule has 0 aliphatic carbocycles. The number of rotatable bonds is 13. The lowest BCUT2D eigenvalue weighted by atomic mass is 9.96. The average Bonchev–Trinajstić information content (AvgIpc) is 2.49. The smallest absolute Gasteiger partial charge is 0.244 e. The lowest BCUT2D eigenvalue weighted by Crippen LogP contribution is -2.23. The number of nitrogens with zero attached hydrogens (tertiary/aromatic N) is 1. The van der Waals surface area contributed by atoms with Crippen LogP contribution in [-0.4, -0.2) is 43.5 Å². The Labute approximate surface area is 133 Å². The van der Waals surface area contributed by atoms with E-state index in [1.54, 1.807) is 6.92 Å². The van der Waals surface area contributed by atoms with Gasteiger partial charge in [-0.2, -0.15) is 0 Å². The molecule has 2 atom stereocenters. The topological polar surface area (TPSA) is 80.5 Å². The van der Waals surface area contributed by atoms with E-state index in [0.29, 0.717) is 5.57 Å². The van der Waals surface area contributed by atoms with Gasteiger partial charge in [0.05, 0.1) is 0 Å². The van der Waals surface area contributed by atoms with E-state index in [-0.39, 0.29) is 17.7 Å². The Kier molecular flexibility index (Phi) is 11.3. The third kappa shape index (κ3) is 10.3. The summed E-state index contributed by atoms with van der Waals surface area (Å²) >= 11 is 0. The highest BCUT2D eigenvalue weighted by molar-refractivity contribution is 5.91. The van der Waals surface area contributed by atoms with E-state index in [1.807, 2.05) is 20.0 Å². The minimum atomic E-state index is -0.381. The van der Waals surface area contributed by atoms with Crippen LogP contribution in [0.1, 0.15) is 46.0 Å².